The Morgan fingerprint density at radius 2 is 2.25 bits per heavy atom. The van der Waals surface area contributed by atoms with Crippen LogP contribution in [0.25, 0.3) is 0 Å². The van der Waals surface area contributed by atoms with Gasteiger partial charge in [-0.15, -0.1) is 11.3 Å². The number of aryl methyl sites for hydroxylation is 2. The maximum absolute atomic E-state index is 12.5. The molecule has 20 heavy (non-hydrogen) atoms. The Kier molecular flexibility index (Phi) is 5.00. The molecule has 8 heteroatoms. The number of nitrogens with zero attached hydrogens (tertiary/aromatic N) is 2. The third kappa shape index (κ3) is 3.30. The van der Waals surface area contributed by atoms with Crippen molar-refractivity contribution in [2.45, 2.75) is 45.6 Å². The predicted molar refractivity (Wildman–Crippen MR) is 82.2 cm³/mol. The van der Waals surface area contributed by atoms with E-state index in [1.807, 2.05) is 13.8 Å². The smallest absolute Gasteiger partial charge is 0.303 e. The zero-order chi connectivity index (χ0) is 14.8. The van der Waals surface area contributed by atoms with Crippen LogP contribution in [0.3, 0.4) is 0 Å². The molecule has 0 spiro atoms. The van der Waals surface area contributed by atoms with Crippen molar-refractivity contribution in [3.05, 3.63) is 10.6 Å². The molecule has 1 aromatic rings. The van der Waals surface area contributed by atoms with E-state index in [9.17, 15) is 8.42 Å². The van der Waals surface area contributed by atoms with Crippen molar-refractivity contribution in [2.24, 2.45) is 5.73 Å². The maximum Gasteiger partial charge on any atom is 0.303 e. The normalized spacial score (nSPS) is 21.1. The predicted octanol–water partition coefficient (Wildman–Crippen LogP) is 1.48. The molecule has 0 saturated carbocycles. The van der Waals surface area contributed by atoms with Crippen LogP contribution in [0, 0.1) is 6.92 Å². The number of thiazole rings is 1. The largest absolute Gasteiger partial charge is 0.329 e. The van der Waals surface area contributed by atoms with Gasteiger partial charge in [0.25, 0.3) is 0 Å². The third-order valence-electron chi connectivity index (χ3n) is 3.60. The lowest BCUT2D eigenvalue weighted by Crippen LogP contribution is -2.49. The van der Waals surface area contributed by atoms with Crippen LogP contribution < -0.4 is 10.5 Å². The number of hydrogen-bond acceptors (Lipinski definition) is 5. The topological polar surface area (TPSA) is 88.3 Å². The average Bonchev–Trinajstić information content (AvgIpc) is 2.77. The molecule has 1 unspecified atom stereocenters. The molecule has 6 nitrogen and oxygen atoms in total. The van der Waals surface area contributed by atoms with Crippen molar-refractivity contribution in [1.29, 1.82) is 0 Å². The highest BCUT2D eigenvalue weighted by Crippen LogP contribution is 2.26. The summed E-state index contributed by atoms with van der Waals surface area (Å²) in [6.07, 6.45) is 3.55. The molecule has 0 bridgehead atoms. The molecule has 0 aromatic carbocycles. The van der Waals surface area contributed by atoms with E-state index in [0.29, 0.717) is 18.2 Å². The first-order valence-electron chi connectivity index (χ1n) is 6.94. The minimum absolute atomic E-state index is 0.104. The summed E-state index contributed by atoms with van der Waals surface area (Å²) in [5, 5.41) is 0.445. The molecule has 1 fully saturated rings. The van der Waals surface area contributed by atoms with Crippen molar-refractivity contribution < 1.29 is 8.42 Å². The summed E-state index contributed by atoms with van der Waals surface area (Å²) in [6, 6.07) is -0.104. The van der Waals surface area contributed by atoms with Crippen LogP contribution in [-0.4, -0.2) is 36.8 Å². The molecule has 3 N–H and O–H groups in total. The molecule has 1 aliphatic heterocycles. The molecule has 114 valence electrons. The number of aromatic nitrogens is 1. The number of rotatable bonds is 5. The maximum atomic E-state index is 12.5. The van der Waals surface area contributed by atoms with Gasteiger partial charge in [-0.3, -0.25) is 0 Å². The second-order valence-electron chi connectivity index (χ2n) is 4.98. The molecular formula is C12H22N4O2S2. The summed E-state index contributed by atoms with van der Waals surface area (Å²) in [5.41, 5.74) is 6.63. The highest BCUT2D eigenvalue weighted by molar-refractivity contribution is 7.90. The van der Waals surface area contributed by atoms with Crippen LogP contribution in [0.15, 0.2) is 0 Å². The van der Waals surface area contributed by atoms with Gasteiger partial charge in [-0.1, -0.05) is 13.3 Å². The van der Waals surface area contributed by atoms with E-state index in [2.05, 4.69) is 9.71 Å². The Morgan fingerprint density at radius 1 is 1.50 bits per heavy atom. The fraction of sp³-hybridized carbons (Fsp3) is 0.750. The standard InChI is InChI=1S/C12H22N4O2S2/c1-3-11-9(2)19-12(14-11)15-20(17,18)16-7-5-4-6-10(16)8-13/h10H,3-8,13H2,1-2H3,(H,14,15). The molecule has 1 atom stereocenters. The number of hydrogen-bond donors (Lipinski definition) is 2. The lowest BCUT2D eigenvalue weighted by atomic mass is 10.1. The number of nitrogens with two attached hydrogens (primary N) is 1. The van der Waals surface area contributed by atoms with E-state index < -0.39 is 10.2 Å². The summed E-state index contributed by atoms with van der Waals surface area (Å²) in [5.74, 6) is 0. The van der Waals surface area contributed by atoms with Gasteiger partial charge in [0, 0.05) is 24.0 Å². The molecule has 1 aromatic heterocycles. The fourth-order valence-corrected chi connectivity index (χ4v) is 5.07. The van der Waals surface area contributed by atoms with Gasteiger partial charge < -0.3 is 5.73 Å². The zero-order valence-electron chi connectivity index (χ0n) is 11.9. The fourth-order valence-electron chi connectivity index (χ4n) is 2.49. The Hall–Kier alpha value is -0.700. The molecule has 1 aliphatic rings. The van der Waals surface area contributed by atoms with Crippen molar-refractivity contribution in [3.8, 4) is 0 Å². The molecule has 2 rings (SSSR count). The second-order valence-corrected chi connectivity index (χ2v) is 7.81. The minimum Gasteiger partial charge on any atom is -0.329 e. The van der Waals surface area contributed by atoms with Gasteiger partial charge >= 0.3 is 10.2 Å². The lowest BCUT2D eigenvalue weighted by molar-refractivity contribution is 0.259. The first-order valence-corrected chi connectivity index (χ1v) is 9.19. The second kappa shape index (κ2) is 6.38. The van der Waals surface area contributed by atoms with Gasteiger partial charge in [0.1, 0.15) is 0 Å². The van der Waals surface area contributed by atoms with Crippen molar-refractivity contribution in [1.82, 2.24) is 9.29 Å². The third-order valence-corrected chi connectivity index (χ3v) is 6.20. The highest BCUT2D eigenvalue weighted by atomic mass is 32.2. The van der Waals surface area contributed by atoms with E-state index in [-0.39, 0.29) is 6.04 Å². The van der Waals surface area contributed by atoms with Crippen LogP contribution in [0.2, 0.25) is 0 Å². The van der Waals surface area contributed by atoms with Crippen LogP contribution in [-0.2, 0) is 16.6 Å². The van der Waals surface area contributed by atoms with Gasteiger partial charge in [0.2, 0.25) is 0 Å². The van der Waals surface area contributed by atoms with Gasteiger partial charge in [-0.2, -0.15) is 12.7 Å². The summed E-state index contributed by atoms with van der Waals surface area (Å²) in [6.45, 7) is 4.85. The van der Waals surface area contributed by atoms with Crippen molar-refractivity contribution >= 4 is 26.7 Å². The lowest BCUT2D eigenvalue weighted by Gasteiger charge is -2.33. The van der Waals surface area contributed by atoms with Gasteiger partial charge in [0.05, 0.1) is 5.69 Å². The minimum atomic E-state index is -3.56. The molecule has 0 amide bonds. The first kappa shape index (κ1) is 15.7. The van der Waals surface area contributed by atoms with Crippen molar-refractivity contribution in [2.75, 3.05) is 17.8 Å². The summed E-state index contributed by atoms with van der Waals surface area (Å²) in [4.78, 5) is 5.38. The Labute approximate surface area is 124 Å². The molecule has 1 saturated heterocycles. The Bertz CT molecular complexity index is 556. The number of anilines is 1. The van der Waals surface area contributed by atoms with Crippen LogP contribution in [0.1, 0.15) is 36.8 Å². The average molecular weight is 318 g/mol. The van der Waals surface area contributed by atoms with Crippen LogP contribution in [0.4, 0.5) is 5.13 Å². The van der Waals surface area contributed by atoms with Crippen LogP contribution in [0.5, 0.6) is 0 Å². The Morgan fingerprint density at radius 3 is 2.85 bits per heavy atom. The van der Waals surface area contributed by atoms with E-state index in [1.165, 1.54) is 15.6 Å². The van der Waals surface area contributed by atoms with Crippen molar-refractivity contribution in [3.63, 3.8) is 0 Å². The monoisotopic (exact) mass is 318 g/mol. The molecule has 0 radical (unpaired) electrons. The van der Waals surface area contributed by atoms with E-state index >= 15 is 0 Å². The number of piperidine rings is 1. The quantitative estimate of drug-likeness (QED) is 0.861. The van der Waals surface area contributed by atoms with Crippen LogP contribution >= 0.6 is 11.3 Å². The summed E-state index contributed by atoms with van der Waals surface area (Å²) >= 11 is 1.38. The molecular weight excluding hydrogens is 296 g/mol. The number of nitrogens with one attached hydrogen (secondary N) is 1. The molecule has 2 heterocycles. The highest BCUT2D eigenvalue weighted by Gasteiger charge is 2.32. The summed E-state index contributed by atoms with van der Waals surface area (Å²) in [7, 11) is -3.56. The SMILES string of the molecule is CCc1nc(NS(=O)(=O)N2CCCCC2CN)sc1C. The van der Waals surface area contributed by atoms with Gasteiger partial charge in [0.15, 0.2) is 5.13 Å². The Balaban J connectivity index is 2.17. The van der Waals surface area contributed by atoms with E-state index in [0.717, 1.165) is 36.3 Å². The van der Waals surface area contributed by atoms with Gasteiger partial charge in [-0.25, -0.2) is 9.71 Å². The first-order chi connectivity index (χ1) is 9.47. The molecule has 0 aliphatic carbocycles. The van der Waals surface area contributed by atoms with Gasteiger partial charge in [-0.05, 0) is 26.2 Å². The summed E-state index contributed by atoms with van der Waals surface area (Å²) < 4.78 is 29.0. The van der Waals surface area contributed by atoms with E-state index in [1.54, 1.807) is 0 Å². The van der Waals surface area contributed by atoms with E-state index in [4.69, 9.17) is 5.73 Å². The zero-order valence-corrected chi connectivity index (χ0v) is 13.6.